The van der Waals surface area contributed by atoms with E-state index in [1.54, 1.807) is 0 Å². The van der Waals surface area contributed by atoms with Gasteiger partial charge in [0.2, 0.25) is 0 Å². The molecule has 4 aliphatic rings. The van der Waals surface area contributed by atoms with E-state index in [0.717, 1.165) is 104 Å². The Morgan fingerprint density at radius 3 is 0.675 bits per heavy atom. The third-order valence-corrected chi connectivity index (χ3v) is 6.46. The number of rotatable bonds is 24. The largest absolute Gasteiger partial charge is 0.396 e. The fraction of sp³-hybridized carbons (Fsp3) is 1.00. The second kappa shape index (κ2) is 28.7. The summed E-state index contributed by atoms with van der Waals surface area (Å²) >= 11 is 0. The summed E-state index contributed by atoms with van der Waals surface area (Å²) in [7, 11) is 0. The Kier molecular flexibility index (Phi) is 27.0. The van der Waals surface area contributed by atoms with E-state index >= 15 is 0 Å². The van der Waals surface area contributed by atoms with E-state index in [-0.39, 0.29) is 0 Å². The minimum absolute atomic E-state index is 0.319. The van der Waals surface area contributed by atoms with Crippen LogP contribution in [0.4, 0.5) is 0 Å². The molecule has 0 aliphatic carbocycles. The van der Waals surface area contributed by atoms with Gasteiger partial charge in [0.25, 0.3) is 0 Å². The van der Waals surface area contributed by atoms with E-state index in [2.05, 4.69) is 0 Å². The Hall–Kier alpha value is -0.400. The van der Waals surface area contributed by atoms with Crippen LogP contribution in [0.25, 0.3) is 0 Å². The summed E-state index contributed by atoms with van der Waals surface area (Å²) < 4.78 is 30.2. The number of hydrogen-bond acceptors (Lipinski definition) is 10. The zero-order valence-electron chi connectivity index (χ0n) is 24.9. The van der Waals surface area contributed by atoms with E-state index in [4.69, 9.17) is 48.8 Å². The molecule has 0 bridgehead atoms. The lowest BCUT2D eigenvalue weighted by Crippen LogP contribution is -2.06. The molecule has 0 spiro atoms. The highest BCUT2D eigenvalue weighted by molar-refractivity contribution is 4.71. The minimum atomic E-state index is 0.319. The van der Waals surface area contributed by atoms with Gasteiger partial charge < -0.3 is 48.8 Å². The second-order valence-corrected chi connectivity index (χ2v) is 10.7. The Morgan fingerprint density at radius 1 is 0.350 bits per heavy atom. The maximum absolute atomic E-state index is 8.51. The minimum Gasteiger partial charge on any atom is -0.396 e. The summed E-state index contributed by atoms with van der Waals surface area (Å²) in [5.41, 5.74) is 0. The molecule has 0 amide bonds. The Labute approximate surface area is 242 Å². The van der Waals surface area contributed by atoms with Gasteiger partial charge >= 0.3 is 0 Å². The zero-order valence-corrected chi connectivity index (χ0v) is 24.9. The van der Waals surface area contributed by atoms with Gasteiger partial charge in [-0.25, -0.2) is 0 Å². The van der Waals surface area contributed by atoms with Gasteiger partial charge in [-0.15, -0.1) is 0 Å². The lowest BCUT2D eigenvalue weighted by Gasteiger charge is -1.99. The number of unbranched alkanes of at least 4 members (excludes halogenated alkanes) is 12. The molecule has 10 heteroatoms. The molecule has 4 fully saturated rings. The van der Waals surface area contributed by atoms with Crippen LogP contribution in [0.15, 0.2) is 0 Å². The van der Waals surface area contributed by atoms with Crippen LogP contribution in [0.1, 0.15) is 89.9 Å². The van der Waals surface area contributed by atoms with Gasteiger partial charge in [-0.05, 0) is 25.7 Å². The smallest absolute Gasteiger partial charge is 0.104 e. The van der Waals surface area contributed by atoms with Gasteiger partial charge in [0.15, 0.2) is 0 Å². The molecule has 10 nitrogen and oxygen atoms in total. The zero-order chi connectivity index (χ0) is 28.9. The molecule has 0 saturated carbocycles. The van der Waals surface area contributed by atoms with Crippen LogP contribution >= 0.6 is 0 Å². The van der Waals surface area contributed by atoms with Gasteiger partial charge in [0.05, 0.1) is 52.9 Å². The summed E-state index contributed by atoms with van der Waals surface area (Å²) in [6, 6.07) is 0. The molecule has 4 saturated heterocycles. The van der Waals surface area contributed by atoms with Crippen molar-refractivity contribution >= 4 is 0 Å². The molecule has 0 aromatic carbocycles. The van der Waals surface area contributed by atoms with Crippen molar-refractivity contribution < 1.29 is 48.8 Å². The third-order valence-electron chi connectivity index (χ3n) is 6.46. The van der Waals surface area contributed by atoms with Crippen molar-refractivity contribution in [2.45, 2.75) is 114 Å². The highest BCUT2D eigenvalue weighted by atomic mass is 16.6. The summed E-state index contributed by atoms with van der Waals surface area (Å²) in [4.78, 5) is 0. The van der Waals surface area contributed by atoms with E-state index in [1.807, 2.05) is 0 Å². The molecule has 0 aromatic heterocycles. The first kappa shape index (κ1) is 37.6. The molecule has 240 valence electrons. The third kappa shape index (κ3) is 32.1. The normalized spacial score (nSPS) is 23.1. The predicted octanol–water partition coefficient (Wildman–Crippen LogP) is 3.00. The SMILES string of the molecule is C(OCC1CO1)C1CO1.C(OCC1CO1)C1CO1.OCCCCCCCCCCO.OCCCCCCCCO. The molecular formula is C30H60O10. The number of aliphatic hydroxyl groups excluding tert-OH is 4. The number of epoxide rings is 4. The van der Waals surface area contributed by atoms with E-state index in [0.29, 0.717) is 50.8 Å². The van der Waals surface area contributed by atoms with Crippen LogP contribution in [-0.4, -0.2) is 124 Å². The molecule has 4 N–H and O–H groups in total. The van der Waals surface area contributed by atoms with Crippen LogP contribution in [0.3, 0.4) is 0 Å². The average molecular weight is 581 g/mol. The molecule has 4 aliphatic heterocycles. The standard InChI is InChI=1S/C10H22O2.C8H18O2.2C6H10O3/c11-9-7-5-3-1-2-4-6-8-10-12;9-7-5-3-1-2-4-6-8-10;2*1(5-3-8-5)7-2-6-4-9-6/h11-12H,1-10H2;9-10H,1-8H2;2*5-6H,1-4H2. The van der Waals surface area contributed by atoms with Crippen LogP contribution in [0, 0.1) is 0 Å². The van der Waals surface area contributed by atoms with Crippen LogP contribution in [0.2, 0.25) is 0 Å². The number of ether oxygens (including phenoxy) is 6. The monoisotopic (exact) mass is 580 g/mol. The van der Waals surface area contributed by atoms with E-state index in [9.17, 15) is 0 Å². The molecule has 4 rings (SSSR count). The molecule has 40 heavy (non-hydrogen) atoms. The Bertz CT molecular complexity index is 429. The quantitative estimate of drug-likeness (QED) is 0.0991. The Morgan fingerprint density at radius 2 is 0.525 bits per heavy atom. The topological polar surface area (TPSA) is 150 Å². The first-order chi connectivity index (χ1) is 19.7. The molecule has 4 heterocycles. The first-order valence-corrected chi connectivity index (χ1v) is 15.8. The van der Waals surface area contributed by atoms with Crippen molar-refractivity contribution in [3.8, 4) is 0 Å². The lowest BCUT2D eigenvalue weighted by molar-refractivity contribution is 0.102. The van der Waals surface area contributed by atoms with E-state index < -0.39 is 0 Å². The molecule has 0 aromatic rings. The summed E-state index contributed by atoms with van der Waals surface area (Å²) in [6.07, 6.45) is 17.4. The van der Waals surface area contributed by atoms with Gasteiger partial charge in [0.1, 0.15) is 24.4 Å². The van der Waals surface area contributed by atoms with Crippen molar-refractivity contribution in [1.29, 1.82) is 0 Å². The fourth-order valence-electron chi connectivity index (χ4n) is 3.53. The van der Waals surface area contributed by atoms with Crippen molar-refractivity contribution in [2.24, 2.45) is 0 Å². The van der Waals surface area contributed by atoms with Gasteiger partial charge in [0, 0.05) is 26.4 Å². The number of hydrogen-bond donors (Lipinski definition) is 4. The molecule has 4 unspecified atom stereocenters. The summed E-state index contributed by atoms with van der Waals surface area (Å²) in [5, 5.41) is 33.9. The maximum atomic E-state index is 8.51. The summed E-state index contributed by atoms with van der Waals surface area (Å²) in [6.45, 7) is 7.84. The predicted molar refractivity (Wildman–Crippen MR) is 154 cm³/mol. The highest BCUT2D eigenvalue weighted by Crippen LogP contribution is 2.13. The van der Waals surface area contributed by atoms with Crippen LogP contribution in [0.5, 0.6) is 0 Å². The van der Waals surface area contributed by atoms with Gasteiger partial charge in [-0.1, -0.05) is 64.2 Å². The average Bonchev–Trinajstić information content (AvgIpc) is 3.79. The molecule has 4 atom stereocenters. The Balaban J connectivity index is 0.000000268. The van der Waals surface area contributed by atoms with Crippen molar-refractivity contribution in [1.82, 2.24) is 0 Å². The number of aliphatic hydroxyl groups is 4. The first-order valence-electron chi connectivity index (χ1n) is 15.8. The highest BCUT2D eigenvalue weighted by Gasteiger charge is 2.27. The van der Waals surface area contributed by atoms with Gasteiger partial charge in [-0.3, -0.25) is 0 Å². The van der Waals surface area contributed by atoms with Crippen molar-refractivity contribution in [3.63, 3.8) is 0 Å². The van der Waals surface area contributed by atoms with Gasteiger partial charge in [-0.2, -0.15) is 0 Å². The molecule has 0 radical (unpaired) electrons. The van der Waals surface area contributed by atoms with E-state index in [1.165, 1.54) is 38.5 Å². The van der Waals surface area contributed by atoms with Crippen molar-refractivity contribution in [3.05, 3.63) is 0 Å². The maximum Gasteiger partial charge on any atom is 0.104 e. The van der Waals surface area contributed by atoms with Crippen LogP contribution < -0.4 is 0 Å². The second-order valence-electron chi connectivity index (χ2n) is 10.7. The summed E-state index contributed by atoms with van der Waals surface area (Å²) in [5.74, 6) is 0. The van der Waals surface area contributed by atoms with Crippen LogP contribution in [-0.2, 0) is 28.4 Å². The van der Waals surface area contributed by atoms with Crippen molar-refractivity contribution in [2.75, 3.05) is 79.3 Å². The fourth-order valence-corrected chi connectivity index (χ4v) is 3.53. The lowest BCUT2D eigenvalue weighted by atomic mass is 10.1. The molecular weight excluding hydrogens is 520 g/mol.